The number of halogens is 3. The standard InChI is InChI=1S/C14H25F3N2/c1-2-11-5-6-18-13(8-11)10-19-7-3-4-12(9-19)14(15,16)17/h11-13,18H,2-10H2,1H3. The minimum Gasteiger partial charge on any atom is -0.313 e. The van der Waals surface area contributed by atoms with Crippen LogP contribution in [0.25, 0.3) is 0 Å². The lowest BCUT2D eigenvalue weighted by atomic mass is 9.89. The number of hydrogen-bond acceptors (Lipinski definition) is 2. The SMILES string of the molecule is CCC1CCNC(CN2CCCC(C(F)(F)F)C2)C1. The largest absolute Gasteiger partial charge is 0.393 e. The van der Waals surface area contributed by atoms with E-state index in [2.05, 4.69) is 12.2 Å². The van der Waals surface area contributed by atoms with Crippen molar-refractivity contribution in [2.75, 3.05) is 26.2 Å². The molecule has 5 heteroatoms. The molecule has 2 rings (SSSR count). The lowest BCUT2D eigenvalue weighted by molar-refractivity contribution is -0.187. The van der Waals surface area contributed by atoms with Crippen LogP contribution >= 0.6 is 0 Å². The predicted molar refractivity (Wildman–Crippen MR) is 70.0 cm³/mol. The third kappa shape index (κ3) is 4.35. The maximum atomic E-state index is 12.8. The molecule has 2 nitrogen and oxygen atoms in total. The molecule has 0 radical (unpaired) electrons. The van der Waals surface area contributed by atoms with Crippen molar-refractivity contribution >= 4 is 0 Å². The molecule has 2 fully saturated rings. The first-order chi connectivity index (χ1) is 8.99. The molecule has 0 spiro atoms. The molecule has 0 aromatic heterocycles. The molecule has 0 aromatic rings. The Morgan fingerprint density at radius 3 is 2.74 bits per heavy atom. The van der Waals surface area contributed by atoms with E-state index in [0.29, 0.717) is 18.9 Å². The van der Waals surface area contributed by atoms with E-state index >= 15 is 0 Å². The van der Waals surface area contributed by atoms with Crippen molar-refractivity contribution in [3.63, 3.8) is 0 Å². The van der Waals surface area contributed by atoms with Crippen molar-refractivity contribution < 1.29 is 13.2 Å². The fourth-order valence-electron chi connectivity index (χ4n) is 3.41. The van der Waals surface area contributed by atoms with Crippen LogP contribution in [0, 0.1) is 11.8 Å². The number of rotatable bonds is 3. The van der Waals surface area contributed by atoms with Crippen molar-refractivity contribution in [2.45, 2.75) is 51.2 Å². The van der Waals surface area contributed by atoms with Gasteiger partial charge in [0.15, 0.2) is 0 Å². The average molecular weight is 278 g/mol. The van der Waals surface area contributed by atoms with Crippen molar-refractivity contribution in [3.05, 3.63) is 0 Å². The van der Waals surface area contributed by atoms with Crippen LogP contribution in [0.4, 0.5) is 13.2 Å². The molecule has 0 bridgehead atoms. The van der Waals surface area contributed by atoms with E-state index in [1.165, 1.54) is 12.8 Å². The van der Waals surface area contributed by atoms with Crippen molar-refractivity contribution in [3.8, 4) is 0 Å². The van der Waals surface area contributed by atoms with E-state index in [0.717, 1.165) is 32.0 Å². The number of hydrogen-bond donors (Lipinski definition) is 1. The summed E-state index contributed by atoms with van der Waals surface area (Å²) in [5.74, 6) is -0.374. The van der Waals surface area contributed by atoms with Crippen molar-refractivity contribution in [1.29, 1.82) is 0 Å². The average Bonchev–Trinajstić information content (AvgIpc) is 2.38. The second kappa shape index (κ2) is 6.44. The van der Waals surface area contributed by atoms with Gasteiger partial charge in [0, 0.05) is 19.1 Å². The Kier molecular flexibility index (Phi) is 5.12. The first kappa shape index (κ1) is 15.1. The van der Waals surface area contributed by atoms with Gasteiger partial charge in [0.1, 0.15) is 0 Å². The normalized spacial score (nSPS) is 34.4. The van der Waals surface area contributed by atoms with Gasteiger partial charge in [-0.15, -0.1) is 0 Å². The van der Waals surface area contributed by atoms with Crippen LogP contribution in [0.3, 0.4) is 0 Å². The number of likely N-dealkylation sites (tertiary alicyclic amines) is 1. The van der Waals surface area contributed by atoms with E-state index in [-0.39, 0.29) is 6.54 Å². The Balaban J connectivity index is 1.82. The van der Waals surface area contributed by atoms with Gasteiger partial charge in [-0.3, -0.25) is 0 Å². The molecule has 2 aliphatic rings. The van der Waals surface area contributed by atoms with E-state index in [1.54, 1.807) is 0 Å². The van der Waals surface area contributed by atoms with Gasteiger partial charge in [0.05, 0.1) is 5.92 Å². The number of nitrogens with zero attached hydrogens (tertiary/aromatic N) is 1. The smallest absolute Gasteiger partial charge is 0.313 e. The van der Waals surface area contributed by atoms with E-state index in [4.69, 9.17) is 0 Å². The summed E-state index contributed by atoms with van der Waals surface area (Å²) in [5, 5.41) is 3.46. The Labute approximate surface area is 113 Å². The Bertz CT molecular complexity index is 280. The third-order valence-corrected chi connectivity index (χ3v) is 4.63. The summed E-state index contributed by atoms with van der Waals surface area (Å²) in [6, 6.07) is 0.380. The molecule has 0 aromatic carbocycles. The number of alkyl halides is 3. The van der Waals surface area contributed by atoms with E-state index < -0.39 is 12.1 Å². The zero-order valence-electron chi connectivity index (χ0n) is 11.7. The molecular weight excluding hydrogens is 253 g/mol. The van der Waals surface area contributed by atoms with Gasteiger partial charge < -0.3 is 10.2 Å². The van der Waals surface area contributed by atoms with Crippen molar-refractivity contribution in [1.82, 2.24) is 10.2 Å². The highest BCUT2D eigenvalue weighted by Gasteiger charge is 2.42. The van der Waals surface area contributed by atoms with Crippen LogP contribution in [0.15, 0.2) is 0 Å². The van der Waals surface area contributed by atoms with Crippen LogP contribution in [0.5, 0.6) is 0 Å². The van der Waals surface area contributed by atoms with E-state index in [9.17, 15) is 13.2 Å². The van der Waals surface area contributed by atoms with Gasteiger partial charge in [-0.05, 0) is 44.7 Å². The summed E-state index contributed by atoms with van der Waals surface area (Å²) in [6.45, 7) is 5.01. The molecule has 2 aliphatic heterocycles. The molecule has 0 aliphatic carbocycles. The highest BCUT2D eigenvalue weighted by Crippen LogP contribution is 2.33. The van der Waals surface area contributed by atoms with Gasteiger partial charge in [-0.2, -0.15) is 13.2 Å². The summed E-state index contributed by atoms with van der Waals surface area (Å²) in [4.78, 5) is 2.01. The zero-order valence-corrected chi connectivity index (χ0v) is 11.7. The Morgan fingerprint density at radius 1 is 1.26 bits per heavy atom. The van der Waals surface area contributed by atoms with Crippen LogP contribution in [-0.4, -0.2) is 43.3 Å². The highest BCUT2D eigenvalue weighted by molar-refractivity contribution is 4.84. The lowest BCUT2D eigenvalue weighted by Crippen LogP contribution is -2.50. The maximum absolute atomic E-state index is 12.8. The molecule has 3 unspecified atom stereocenters. The van der Waals surface area contributed by atoms with Gasteiger partial charge in [-0.1, -0.05) is 13.3 Å². The molecule has 0 amide bonds. The second-order valence-corrected chi connectivity index (χ2v) is 6.09. The van der Waals surface area contributed by atoms with Crippen LogP contribution in [0.1, 0.15) is 39.0 Å². The Morgan fingerprint density at radius 2 is 2.05 bits per heavy atom. The van der Waals surface area contributed by atoms with Gasteiger partial charge in [-0.25, -0.2) is 0 Å². The van der Waals surface area contributed by atoms with Gasteiger partial charge in [0.2, 0.25) is 0 Å². The molecule has 19 heavy (non-hydrogen) atoms. The maximum Gasteiger partial charge on any atom is 0.393 e. The molecular formula is C14H25F3N2. The number of nitrogens with one attached hydrogen (secondary N) is 1. The molecule has 2 heterocycles. The monoisotopic (exact) mass is 278 g/mol. The summed E-state index contributed by atoms with van der Waals surface area (Å²) < 4.78 is 38.3. The van der Waals surface area contributed by atoms with Crippen LogP contribution in [0.2, 0.25) is 0 Å². The second-order valence-electron chi connectivity index (χ2n) is 6.09. The minimum atomic E-state index is -4.02. The summed E-state index contributed by atoms with van der Waals surface area (Å²) in [7, 11) is 0. The quantitative estimate of drug-likeness (QED) is 0.853. The summed E-state index contributed by atoms with van der Waals surface area (Å²) in [6.07, 6.45) is 0.458. The Hall–Kier alpha value is -0.290. The fraction of sp³-hybridized carbons (Fsp3) is 1.00. The molecule has 0 saturated carbocycles. The van der Waals surface area contributed by atoms with E-state index in [1.807, 2.05) is 4.90 Å². The third-order valence-electron chi connectivity index (χ3n) is 4.63. The summed E-state index contributed by atoms with van der Waals surface area (Å²) in [5.41, 5.74) is 0. The highest BCUT2D eigenvalue weighted by atomic mass is 19.4. The van der Waals surface area contributed by atoms with Crippen molar-refractivity contribution in [2.24, 2.45) is 11.8 Å². The van der Waals surface area contributed by atoms with Crippen LogP contribution < -0.4 is 5.32 Å². The zero-order chi connectivity index (χ0) is 13.9. The first-order valence-corrected chi connectivity index (χ1v) is 7.51. The first-order valence-electron chi connectivity index (χ1n) is 7.51. The molecule has 112 valence electrons. The number of piperidine rings is 2. The topological polar surface area (TPSA) is 15.3 Å². The molecule has 1 N–H and O–H groups in total. The fourth-order valence-corrected chi connectivity index (χ4v) is 3.41. The minimum absolute atomic E-state index is 0.193. The molecule has 2 saturated heterocycles. The van der Waals surface area contributed by atoms with Crippen LogP contribution in [-0.2, 0) is 0 Å². The van der Waals surface area contributed by atoms with Gasteiger partial charge >= 0.3 is 6.18 Å². The molecule has 3 atom stereocenters. The summed E-state index contributed by atoms with van der Waals surface area (Å²) >= 11 is 0. The lowest BCUT2D eigenvalue weighted by Gasteiger charge is -2.38. The predicted octanol–water partition coefficient (Wildman–Crippen LogP) is 3.04. The van der Waals surface area contributed by atoms with Gasteiger partial charge in [0.25, 0.3) is 0 Å².